The average Bonchev–Trinajstić information content (AvgIpc) is 2.83. The largest absolute Gasteiger partial charge is 0.478 e. The van der Waals surface area contributed by atoms with Crippen LogP contribution in [-0.4, -0.2) is 38.0 Å². The maximum Gasteiger partial charge on any atom is 0.336 e. The highest BCUT2D eigenvalue weighted by Gasteiger charge is 2.27. The van der Waals surface area contributed by atoms with Crippen molar-refractivity contribution in [2.24, 2.45) is 5.73 Å². The number of anilines is 1. The van der Waals surface area contributed by atoms with Gasteiger partial charge in [-0.3, -0.25) is 9.78 Å². The van der Waals surface area contributed by atoms with Crippen molar-refractivity contribution in [2.75, 3.05) is 5.32 Å². The summed E-state index contributed by atoms with van der Waals surface area (Å²) in [5, 5.41) is 13.8. The van der Waals surface area contributed by atoms with Gasteiger partial charge in [0.15, 0.2) is 0 Å². The summed E-state index contributed by atoms with van der Waals surface area (Å²) >= 11 is 0. The van der Waals surface area contributed by atoms with Crippen LogP contribution in [0.15, 0.2) is 60.9 Å². The van der Waals surface area contributed by atoms with Crippen LogP contribution in [0.1, 0.15) is 38.3 Å². The molecule has 5 rings (SSSR count). The van der Waals surface area contributed by atoms with Gasteiger partial charge in [-0.1, -0.05) is 24.3 Å². The first-order chi connectivity index (χ1) is 16.0. The number of carboxylic acid groups (broad SMARTS) is 1. The summed E-state index contributed by atoms with van der Waals surface area (Å²) in [5.74, 6) is -1.43. The van der Waals surface area contributed by atoms with Crippen LogP contribution in [0.5, 0.6) is 0 Å². The van der Waals surface area contributed by atoms with Gasteiger partial charge < -0.3 is 16.2 Å². The van der Waals surface area contributed by atoms with E-state index >= 15 is 0 Å². The molecule has 0 fully saturated rings. The zero-order chi connectivity index (χ0) is 22.9. The van der Waals surface area contributed by atoms with Crippen LogP contribution in [0.2, 0.25) is 0 Å². The van der Waals surface area contributed by atoms with Gasteiger partial charge in [-0.05, 0) is 54.7 Å². The van der Waals surface area contributed by atoms with Crippen LogP contribution in [0.4, 0.5) is 5.95 Å². The SMILES string of the molecule is NC(=O)c1c(C(=O)O)ccc2c1CC(Nc1nccc(-c3cnc4ccccc4c3)n1)CC2. The van der Waals surface area contributed by atoms with Crippen LogP contribution in [0.25, 0.3) is 22.2 Å². The van der Waals surface area contributed by atoms with Crippen LogP contribution >= 0.6 is 0 Å². The lowest BCUT2D eigenvalue weighted by molar-refractivity contribution is 0.0691. The van der Waals surface area contributed by atoms with Gasteiger partial charge in [-0.25, -0.2) is 14.8 Å². The number of aryl methyl sites for hydroxylation is 1. The minimum atomic E-state index is -1.17. The lowest BCUT2D eigenvalue weighted by atomic mass is 9.83. The number of carboxylic acids is 1. The summed E-state index contributed by atoms with van der Waals surface area (Å²) in [6, 6.07) is 14.9. The summed E-state index contributed by atoms with van der Waals surface area (Å²) in [5.41, 5.74) is 9.74. The third-order valence-corrected chi connectivity index (χ3v) is 5.97. The molecule has 2 aromatic carbocycles. The van der Waals surface area contributed by atoms with E-state index in [1.807, 2.05) is 36.4 Å². The third kappa shape index (κ3) is 3.98. The number of nitrogens with two attached hydrogens (primary N) is 1. The van der Waals surface area contributed by atoms with E-state index in [-0.39, 0.29) is 17.2 Å². The number of primary amides is 1. The molecule has 8 nitrogen and oxygen atoms in total. The summed E-state index contributed by atoms with van der Waals surface area (Å²) in [4.78, 5) is 37.2. The quantitative estimate of drug-likeness (QED) is 0.434. The van der Waals surface area contributed by atoms with Crippen molar-refractivity contribution in [1.82, 2.24) is 15.0 Å². The Kier molecular flexibility index (Phi) is 5.18. The summed E-state index contributed by atoms with van der Waals surface area (Å²) in [7, 11) is 0. The maximum atomic E-state index is 12.1. The van der Waals surface area contributed by atoms with Gasteiger partial charge in [0.1, 0.15) is 0 Å². The van der Waals surface area contributed by atoms with Crippen molar-refractivity contribution in [3.05, 3.63) is 83.2 Å². The maximum absolute atomic E-state index is 12.1. The van der Waals surface area contributed by atoms with Gasteiger partial charge in [-0.2, -0.15) is 0 Å². The molecule has 1 atom stereocenters. The number of pyridine rings is 1. The Balaban J connectivity index is 1.42. The highest BCUT2D eigenvalue weighted by atomic mass is 16.4. The number of amides is 1. The Bertz CT molecular complexity index is 1400. The van der Waals surface area contributed by atoms with Gasteiger partial charge in [0.25, 0.3) is 0 Å². The van der Waals surface area contributed by atoms with Crippen LogP contribution in [0.3, 0.4) is 0 Å². The molecular weight excluding hydrogens is 418 g/mol. The lowest BCUT2D eigenvalue weighted by Gasteiger charge is -2.27. The molecule has 8 heteroatoms. The first kappa shape index (κ1) is 20.6. The van der Waals surface area contributed by atoms with Crippen LogP contribution in [0, 0.1) is 0 Å². The molecule has 0 saturated carbocycles. The average molecular weight is 439 g/mol. The topological polar surface area (TPSA) is 131 Å². The summed E-state index contributed by atoms with van der Waals surface area (Å²) in [6.45, 7) is 0. The number of para-hydroxylation sites is 1. The number of benzene rings is 2. The van der Waals surface area contributed by atoms with Crippen molar-refractivity contribution < 1.29 is 14.7 Å². The van der Waals surface area contributed by atoms with E-state index in [9.17, 15) is 14.7 Å². The predicted octanol–water partition coefficient (Wildman–Crippen LogP) is 3.46. The monoisotopic (exact) mass is 439 g/mol. The molecule has 0 aliphatic heterocycles. The molecule has 2 heterocycles. The van der Waals surface area contributed by atoms with E-state index < -0.39 is 11.9 Å². The van der Waals surface area contributed by atoms with Crippen molar-refractivity contribution in [3.8, 4) is 11.3 Å². The molecule has 1 aliphatic carbocycles. The van der Waals surface area contributed by atoms with Crippen molar-refractivity contribution in [3.63, 3.8) is 0 Å². The third-order valence-electron chi connectivity index (χ3n) is 5.97. The number of carbonyl (C=O) groups excluding carboxylic acids is 1. The molecule has 1 unspecified atom stereocenters. The number of carbonyl (C=O) groups is 2. The second-order valence-electron chi connectivity index (χ2n) is 8.06. The van der Waals surface area contributed by atoms with E-state index in [1.54, 1.807) is 18.5 Å². The molecule has 164 valence electrons. The Morgan fingerprint density at radius 3 is 2.76 bits per heavy atom. The molecule has 33 heavy (non-hydrogen) atoms. The number of hydrogen-bond donors (Lipinski definition) is 3. The van der Waals surface area contributed by atoms with Crippen molar-refractivity contribution in [1.29, 1.82) is 0 Å². The minimum Gasteiger partial charge on any atom is -0.478 e. The van der Waals surface area contributed by atoms with Crippen LogP contribution < -0.4 is 11.1 Å². The highest BCUT2D eigenvalue weighted by Crippen LogP contribution is 2.29. The Morgan fingerprint density at radius 1 is 1.09 bits per heavy atom. The van der Waals surface area contributed by atoms with E-state index in [4.69, 9.17) is 5.73 Å². The molecule has 1 amide bonds. The van der Waals surface area contributed by atoms with Gasteiger partial charge in [-0.15, -0.1) is 0 Å². The number of hydrogen-bond acceptors (Lipinski definition) is 6. The van der Waals surface area contributed by atoms with E-state index in [2.05, 4.69) is 20.3 Å². The van der Waals surface area contributed by atoms with Crippen molar-refractivity contribution >= 4 is 28.7 Å². The summed E-state index contributed by atoms with van der Waals surface area (Å²) < 4.78 is 0. The molecule has 1 aliphatic rings. The first-order valence-corrected chi connectivity index (χ1v) is 10.6. The van der Waals surface area contributed by atoms with Gasteiger partial charge in [0.2, 0.25) is 11.9 Å². The van der Waals surface area contributed by atoms with Gasteiger partial charge >= 0.3 is 5.97 Å². The van der Waals surface area contributed by atoms with E-state index in [1.165, 1.54) is 6.07 Å². The normalized spacial score (nSPS) is 15.1. The second kappa shape index (κ2) is 8.31. The van der Waals surface area contributed by atoms with E-state index in [0.717, 1.165) is 34.1 Å². The van der Waals surface area contributed by atoms with E-state index in [0.29, 0.717) is 24.4 Å². The Morgan fingerprint density at radius 2 is 1.94 bits per heavy atom. The zero-order valence-corrected chi connectivity index (χ0v) is 17.7. The molecule has 4 N–H and O–H groups in total. The fraction of sp³-hybridized carbons (Fsp3) is 0.160. The predicted molar refractivity (Wildman–Crippen MR) is 124 cm³/mol. The number of nitrogens with zero attached hydrogens (tertiary/aromatic N) is 3. The molecule has 0 bridgehead atoms. The van der Waals surface area contributed by atoms with Crippen LogP contribution in [-0.2, 0) is 12.8 Å². The fourth-order valence-corrected chi connectivity index (χ4v) is 4.40. The molecule has 0 spiro atoms. The molecule has 2 aromatic heterocycles. The molecule has 0 saturated heterocycles. The molecule has 0 radical (unpaired) electrons. The number of rotatable bonds is 5. The lowest BCUT2D eigenvalue weighted by Crippen LogP contribution is -2.31. The second-order valence-corrected chi connectivity index (χ2v) is 8.06. The standard InChI is InChI=1S/C25H21N5O3/c26-23(31)22-18(24(32)33)8-6-14-5-7-17(12-19(14)22)29-25-27-10-9-21(30-25)16-11-15-3-1-2-4-20(15)28-13-16/h1-4,6,8-11,13,17H,5,7,12H2,(H2,26,31)(H,32,33)(H,27,29,30). The smallest absolute Gasteiger partial charge is 0.336 e. The number of fused-ring (bicyclic) bond motifs is 2. The van der Waals surface area contributed by atoms with Gasteiger partial charge in [0, 0.05) is 29.4 Å². The fourth-order valence-electron chi connectivity index (χ4n) is 4.40. The molecule has 4 aromatic rings. The zero-order valence-electron chi connectivity index (χ0n) is 17.7. The number of aromatic nitrogens is 3. The minimum absolute atomic E-state index is 0.0652. The first-order valence-electron chi connectivity index (χ1n) is 10.6. The molecular formula is C25H21N5O3. The summed E-state index contributed by atoms with van der Waals surface area (Å²) in [6.07, 6.45) is 5.43. The number of nitrogens with one attached hydrogen (secondary N) is 1. The van der Waals surface area contributed by atoms with Gasteiger partial charge in [0.05, 0.1) is 22.3 Å². The number of aromatic carboxylic acids is 1. The highest BCUT2D eigenvalue weighted by molar-refractivity contribution is 6.05. The Labute approximate surface area is 189 Å². The Hall–Kier alpha value is -4.33. The van der Waals surface area contributed by atoms with Crippen molar-refractivity contribution in [2.45, 2.75) is 25.3 Å².